The van der Waals surface area contributed by atoms with Crippen LogP contribution in [0.5, 0.6) is 5.75 Å². The fraction of sp³-hybridized carbons (Fsp3) is 0.333. The van der Waals surface area contributed by atoms with Crippen LogP contribution in [0.25, 0.3) is 5.52 Å². The number of nitrogens with two attached hydrogens (primary N) is 1. The molecule has 0 aliphatic rings. The zero-order chi connectivity index (χ0) is 13.8. The van der Waals surface area contributed by atoms with Crippen LogP contribution in [-0.4, -0.2) is 47.7 Å². The molecule has 2 rings (SSSR count). The lowest BCUT2D eigenvalue weighted by atomic mass is 10.2. The van der Waals surface area contributed by atoms with Crippen molar-refractivity contribution in [3.63, 3.8) is 0 Å². The number of hydrogen-bond donors (Lipinski definition) is 2. The highest BCUT2D eigenvalue weighted by atomic mass is 16.5. The third-order valence-corrected chi connectivity index (χ3v) is 2.67. The first-order chi connectivity index (χ1) is 9.11. The Kier molecular flexibility index (Phi) is 3.98. The second-order valence-electron chi connectivity index (χ2n) is 4.38. The lowest BCUT2D eigenvalue weighted by Gasteiger charge is -2.11. The van der Waals surface area contributed by atoms with Crippen molar-refractivity contribution in [2.45, 2.75) is 0 Å². The van der Waals surface area contributed by atoms with Gasteiger partial charge in [-0.15, -0.1) is 0 Å². The van der Waals surface area contributed by atoms with Crippen molar-refractivity contribution in [1.82, 2.24) is 19.9 Å². The summed E-state index contributed by atoms with van der Waals surface area (Å²) < 4.78 is 7.19. The quantitative estimate of drug-likeness (QED) is 0.446. The molecule has 2 aromatic rings. The molecule has 7 heteroatoms. The molecule has 1 amide bonds. The lowest BCUT2D eigenvalue weighted by Crippen LogP contribution is -2.29. The number of rotatable bonds is 5. The van der Waals surface area contributed by atoms with Crippen LogP contribution >= 0.6 is 0 Å². The van der Waals surface area contributed by atoms with Gasteiger partial charge in [0.05, 0.1) is 23.5 Å². The average Bonchev–Trinajstić information content (AvgIpc) is 2.80. The molecule has 0 unspecified atom stereocenters. The summed E-state index contributed by atoms with van der Waals surface area (Å²) in [6.07, 6.45) is 3.21. The summed E-state index contributed by atoms with van der Waals surface area (Å²) >= 11 is 0. The summed E-state index contributed by atoms with van der Waals surface area (Å²) in [4.78, 5) is 13.5. The van der Waals surface area contributed by atoms with Crippen LogP contribution in [0.15, 0.2) is 24.5 Å². The zero-order valence-corrected chi connectivity index (χ0v) is 11.0. The first-order valence-electron chi connectivity index (χ1n) is 5.87. The molecule has 2 heterocycles. The zero-order valence-electron chi connectivity index (χ0n) is 11.0. The van der Waals surface area contributed by atoms with E-state index in [2.05, 4.69) is 10.5 Å². The molecule has 0 aliphatic heterocycles. The van der Waals surface area contributed by atoms with E-state index in [0.29, 0.717) is 23.4 Å². The van der Waals surface area contributed by atoms with Gasteiger partial charge in [0.25, 0.3) is 5.91 Å². The van der Waals surface area contributed by atoms with E-state index in [9.17, 15) is 4.79 Å². The molecule has 7 nitrogen and oxygen atoms in total. The molecule has 0 aliphatic carbocycles. The third-order valence-electron chi connectivity index (χ3n) is 2.67. The van der Waals surface area contributed by atoms with Crippen molar-refractivity contribution in [1.29, 1.82) is 0 Å². The number of carbonyl (C=O) groups is 1. The molecule has 0 fully saturated rings. The van der Waals surface area contributed by atoms with Crippen LogP contribution < -0.4 is 16.0 Å². The van der Waals surface area contributed by atoms with Crippen LogP contribution in [0.1, 0.15) is 10.4 Å². The summed E-state index contributed by atoms with van der Waals surface area (Å²) in [5.41, 5.74) is 3.21. The number of amides is 1. The van der Waals surface area contributed by atoms with Crippen molar-refractivity contribution < 1.29 is 9.53 Å². The molecule has 0 spiro atoms. The number of nitrogen functional groups attached to an aromatic ring is 1. The van der Waals surface area contributed by atoms with Crippen molar-refractivity contribution >= 4 is 11.4 Å². The van der Waals surface area contributed by atoms with Gasteiger partial charge in [0.1, 0.15) is 12.4 Å². The lowest BCUT2D eigenvalue weighted by molar-refractivity contribution is 0.0955. The van der Waals surface area contributed by atoms with E-state index >= 15 is 0 Å². The van der Waals surface area contributed by atoms with E-state index in [-0.39, 0.29) is 5.91 Å². The summed E-state index contributed by atoms with van der Waals surface area (Å²) in [6.45, 7) is 1.42. The first-order valence-corrected chi connectivity index (χ1v) is 5.87. The minimum absolute atomic E-state index is 0.365. The fourth-order valence-electron chi connectivity index (χ4n) is 1.65. The highest BCUT2D eigenvalue weighted by Gasteiger charge is 2.11. The number of hydrazine groups is 1. The number of nitrogens with one attached hydrogen (secondary N) is 1. The van der Waals surface area contributed by atoms with E-state index < -0.39 is 0 Å². The van der Waals surface area contributed by atoms with Gasteiger partial charge in [-0.2, -0.15) is 5.10 Å². The number of likely N-dealkylation sites (N-methyl/N-ethyl adjacent to an activating group) is 1. The van der Waals surface area contributed by atoms with Gasteiger partial charge in [-0.3, -0.25) is 10.2 Å². The molecule has 0 atom stereocenters. The SMILES string of the molecule is CN(C)CCOc1ccc2c(C(=O)NN)cnn2c1. The maximum Gasteiger partial charge on any atom is 0.269 e. The average molecular weight is 263 g/mol. The maximum atomic E-state index is 11.5. The van der Waals surface area contributed by atoms with E-state index in [1.54, 1.807) is 22.8 Å². The van der Waals surface area contributed by atoms with Gasteiger partial charge < -0.3 is 9.64 Å². The number of hydrogen-bond acceptors (Lipinski definition) is 5. The Morgan fingerprint density at radius 1 is 1.53 bits per heavy atom. The molecule has 0 saturated heterocycles. The smallest absolute Gasteiger partial charge is 0.269 e. The molecule has 2 aromatic heterocycles. The van der Waals surface area contributed by atoms with E-state index in [1.807, 2.05) is 19.0 Å². The molecule has 0 saturated carbocycles. The van der Waals surface area contributed by atoms with Gasteiger partial charge in [-0.1, -0.05) is 0 Å². The Morgan fingerprint density at radius 3 is 3.00 bits per heavy atom. The predicted octanol–water partition coefficient (Wildman–Crippen LogP) is -0.122. The van der Waals surface area contributed by atoms with Gasteiger partial charge in [0.15, 0.2) is 0 Å². The Bertz CT molecular complexity index is 579. The van der Waals surface area contributed by atoms with Crippen LogP contribution in [0.4, 0.5) is 0 Å². The summed E-state index contributed by atoms with van der Waals surface area (Å²) in [7, 11) is 3.97. The molecular weight excluding hydrogens is 246 g/mol. The number of nitrogens with zero attached hydrogens (tertiary/aromatic N) is 3. The van der Waals surface area contributed by atoms with Gasteiger partial charge in [-0.05, 0) is 26.2 Å². The third kappa shape index (κ3) is 3.01. The normalized spacial score (nSPS) is 10.9. The van der Waals surface area contributed by atoms with Crippen molar-refractivity contribution in [3.8, 4) is 5.75 Å². The van der Waals surface area contributed by atoms with E-state index in [0.717, 1.165) is 6.54 Å². The molecule has 0 bridgehead atoms. The Morgan fingerprint density at radius 2 is 2.32 bits per heavy atom. The topological polar surface area (TPSA) is 84.9 Å². The summed E-state index contributed by atoms with van der Waals surface area (Å²) in [5.74, 6) is 5.45. The number of carbonyl (C=O) groups excluding carboxylic acids is 1. The van der Waals surface area contributed by atoms with Gasteiger partial charge in [0.2, 0.25) is 0 Å². The predicted molar refractivity (Wildman–Crippen MR) is 70.9 cm³/mol. The van der Waals surface area contributed by atoms with Crippen LogP contribution in [-0.2, 0) is 0 Å². The minimum Gasteiger partial charge on any atom is -0.491 e. The van der Waals surface area contributed by atoms with Gasteiger partial charge in [0, 0.05) is 6.54 Å². The number of pyridine rings is 1. The standard InChI is InChI=1S/C12H17N5O2/c1-16(2)5-6-19-9-3-4-11-10(12(18)15-13)7-14-17(11)8-9/h3-4,7-8H,5-6,13H2,1-2H3,(H,15,18). The highest BCUT2D eigenvalue weighted by Crippen LogP contribution is 2.16. The highest BCUT2D eigenvalue weighted by molar-refractivity contribution is 6.00. The molecule has 3 N–H and O–H groups in total. The largest absolute Gasteiger partial charge is 0.491 e. The molecular formula is C12H17N5O2. The van der Waals surface area contributed by atoms with Crippen LogP contribution in [0, 0.1) is 0 Å². The molecule has 102 valence electrons. The van der Waals surface area contributed by atoms with Crippen molar-refractivity contribution in [2.24, 2.45) is 5.84 Å². The van der Waals surface area contributed by atoms with Crippen molar-refractivity contribution in [3.05, 3.63) is 30.1 Å². The molecule has 19 heavy (non-hydrogen) atoms. The molecule has 0 radical (unpaired) electrons. The fourth-order valence-corrected chi connectivity index (χ4v) is 1.65. The Labute approximate surface area is 110 Å². The van der Waals surface area contributed by atoms with Crippen LogP contribution in [0.2, 0.25) is 0 Å². The molecule has 0 aromatic carbocycles. The van der Waals surface area contributed by atoms with Gasteiger partial charge in [-0.25, -0.2) is 10.4 Å². The van der Waals surface area contributed by atoms with E-state index in [4.69, 9.17) is 10.6 Å². The van der Waals surface area contributed by atoms with Crippen LogP contribution in [0.3, 0.4) is 0 Å². The summed E-state index contributed by atoms with van der Waals surface area (Å²) in [5, 5.41) is 4.10. The monoisotopic (exact) mass is 263 g/mol. The summed E-state index contributed by atoms with van der Waals surface area (Å²) in [6, 6.07) is 3.59. The Balaban J connectivity index is 2.16. The van der Waals surface area contributed by atoms with Gasteiger partial charge >= 0.3 is 0 Å². The number of ether oxygens (including phenoxy) is 1. The Hall–Kier alpha value is -2.12. The van der Waals surface area contributed by atoms with E-state index in [1.165, 1.54) is 6.20 Å². The first kappa shape index (κ1) is 13.3. The second-order valence-corrected chi connectivity index (χ2v) is 4.38. The second kappa shape index (κ2) is 5.68. The number of aromatic nitrogens is 2. The minimum atomic E-state index is -0.365. The number of fused-ring (bicyclic) bond motifs is 1. The maximum absolute atomic E-state index is 11.5. The van der Waals surface area contributed by atoms with Crippen molar-refractivity contribution in [2.75, 3.05) is 27.2 Å².